The first-order valence-corrected chi connectivity index (χ1v) is 9.86. The zero-order chi connectivity index (χ0) is 21.9. The van der Waals surface area contributed by atoms with Gasteiger partial charge in [-0.1, -0.05) is 6.07 Å². The number of anilines is 1. The van der Waals surface area contributed by atoms with Crippen molar-refractivity contribution in [2.45, 2.75) is 18.6 Å². The second kappa shape index (κ2) is 7.05. The van der Waals surface area contributed by atoms with Crippen molar-refractivity contribution >= 4 is 17.9 Å². The molecule has 0 aromatic heterocycles. The first kappa shape index (κ1) is 19.5. The van der Waals surface area contributed by atoms with Crippen molar-refractivity contribution in [3.63, 3.8) is 0 Å². The highest BCUT2D eigenvalue weighted by Gasteiger charge is 2.46. The van der Waals surface area contributed by atoms with E-state index in [-0.39, 0.29) is 6.79 Å². The minimum atomic E-state index is -0.662. The van der Waals surface area contributed by atoms with Crippen LogP contribution in [0.3, 0.4) is 0 Å². The van der Waals surface area contributed by atoms with E-state index in [0.717, 1.165) is 11.8 Å². The Morgan fingerprint density at radius 3 is 2.68 bits per heavy atom. The first-order chi connectivity index (χ1) is 15.0. The van der Waals surface area contributed by atoms with E-state index in [1.54, 1.807) is 12.1 Å². The first-order valence-electron chi connectivity index (χ1n) is 9.86. The van der Waals surface area contributed by atoms with E-state index in [2.05, 4.69) is 4.90 Å². The van der Waals surface area contributed by atoms with Gasteiger partial charge in [-0.25, -0.2) is 4.79 Å². The lowest BCUT2D eigenvalue weighted by Gasteiger charge is -2.39. The fourth-order valence-electron chi connectivity index (χ4n) is 4.86. The van der Waals surface area contributed by atoms with Crippen LogP contribution in [-0.4, -0.2) is 51.8 Å². The summed E-state index contributed by atoms with van der Waals surface area (Å²) < 4.78 is 27.7. The van der Waals surface area contributed by atoms with Gasteiger partial charge in [-0.3, -0.25) is 9.69 Å². The van der Waals surface area contributed by atoms with Crippen LogP contribution in [0.1, 0.15) is 49.6 Å². The van der Waals surface area contributed by atoms with E-state index in [1.165, 1.54) is 14.2 Å². The topological polar surface area (TPSA) is 110 Å². The molecule has 9 nitrogen and oxygen atoms in total. The van der Waals surface area contributed by atoms with Crippen LogP contribution in [0.2, 0.25) is 0 Å². The van der Waals surface area contributed by atoms with Crippen molar-refractivity contribution in [3.8, 4) is 23.0 Å². The van der Waals surface area contributed by atoms with E-state index in [9.17, 15) is 9.59 Å². The third kappa shape index (κ3) is 2.59. The summed E-state index contributed by atoms with van der Waals surface area (Å²) in [6, 6.07) is 3.10. The van der Waals surface area contributed by atoms with E-state index in [0.29, 0.717) is 63.9 Å². The number of ether oxygens (including phenoxy) is 5. The van der Waals surface area contributed by atoms with Gasteiger partial charge in [0.1, 0.15) is 11.7 Å². The number of nitrogens with zero attached hydrogens (tertiary/aromatic N) is 1. The molecule has 2 atom stereocenters. The molecule has 3 heterocycles. The summed E-state index contributed by atoms with van der Waals surface area (Å²) in [6.45, 7) is 0.665. The van der Waals surface area contributed by atoms with Gasteiger partial charge < -0.3 is 29.4 Å². The second-order valence-corrected chi connectivity index (χ2v) is 7.67. The number of carbonyl (C=O) groups excluding carboxylic acids is 2. The minimum absolute atomic E-state index is 0.00200. The summed E-state index contributed by atoms with van der Waals surface area (Å²) in [5.41, 5.74) is 9.76. The lowest BCUT2D eigenvalue weighted by molar-refractivity contribution is 0.00930. The fraction of sp³-hybridized carbons (Fsp3) is 0.364. The molecular weight excluding hydrogens is 404 g/mol. The molecule has 162 valence electrons. The molecule has 0 aliphatic carbocycles. The average Bonchev–Trinajstić information content (AvgIpc) is 3.39. The maximum Gasteiger partial charge on any atom is 0.343 e. The molecule has 0 saturated heterocycles. The summed E-state index contributed by atoms with van der Waals surface area (Å²) in [6.07, 6.45) is 0.722. The smallest absolute Gasteiger partial charge is 0.343 e. The summed E-state index contributed by atoms with van der Waals surface area (Å²) in [5, 5.41) is 0. The minimum Gasteiger partial charge on any atom is -0.493 e. The van der Waals surface area contributed by atoms with Crippen LogP contribution >= 0.6 is 0 Å². The van der Waals surface area contributed by atoms with Crippen LogP contribution in [0.5, 0.6) is 23.0 Å². The van der Waals surface area contributed by atoms with Gasteiger partial charge in [-0.15, -0.1) is 0 Å². The van der Waals surface area contributed by atoms with Gasteiger partial charge in [-0.05, 0) is 30.7 Å². The Morgan fingerprint density at radius 2 is 1.97 bits per heavy atom. The Balaban J connectivity index is 1.72. The quantitative estimate of drug-likeness (QED) is 0.447. The number of carbonyl (C=O) groups is 2. The lowest BCUT2D eigenvalue weighted by Crippen LogP contribution is -2.37. The van der Waals surface area contributed by atoms with Gasteiger partial charge in [0.2, 0.25) is 6.79 Å². The summed E-state index contributed by atoms with van der Waals surface area (Å²) in [7, 11) is 4.91. The lowest BCUT2D eigenvalue weighted by atomic mass is 9.82. The largest absolute Gasteiger partial charge is 0.493 e. The third-order valence-electron chi connectivity index (χ3n) is 6.25. The van der Waals surface area contributed by atoms with Gasteiger partial charge >= 0.3 is 5.97 Å². The average molecular weight is 426 g/mol. The molecule has 0 bridgehead atoms. The molecule has 2 aromatic rings. The number of fused-ring (bicyclic) bond motifs is 3. The van der Waals surface area contributed by atoms with Crippen molar-refractivity contribution in [2.75, 3.05) is 40.3 Å². The highest BCUT2D eigenvalue weighted by molar-refractivity contribution is 5.98. The standard InChI is InChI=1S/C22H22N2O7/c1-24-7-6-10-14(12(8-25)19-21(16(10)23)30-9-29-19)17(24)18-11-4-5-13(27-2)20(28-3)15(11)22(26)31-18/h4-5,8,17-18H,6-7,9,23H2,1-3H3/t17-,18+/m1/s1. The van der Waals surface area contributed by atoms with Crippen LogP contribution < -0.4 is 24.7 Å². The molecule has 0 saturated carbocycles. The molecule has 0 unspecified atom stereocenters. The van der Waals surface area contributed by atoms with Crippen LogP contribution in [-0.2, 0) is 11.2 Å². The molecule has 2 aromatic carbocycles. The number of nitrogen functional groups attached to an aromatic ring is 1. The van der Waals surface area contributed by atoms with Gasteiger partial charge in [0.05, 0.1) is 31.5 Å². The van der Waals surface area contributed by atoms with E-state index in [1.807, 2.05) is 7.05 Å². The van der Waals surface area contributed by atoms with Crippen LogP contribution in [0.25, 0.3) is 0 Å². The number of nitrogens with two attached hydrogens (primary N) is 1. The van der Waals surface area contributed by atoms with Crippen LogP contribution in [0, 0.1) is 0 Å². The normalized spacial score (nSPS) is 21.3. The molecule has 0 fully saturated rings. The van der Waals surface area contributed by atoms with Crippen molar-refractivity contribution < 1.29 is 33.3 Å². The van der Waals surface area contributed by atoms with Crippen molar-refractivity contribution in [1.82, 2.24) is 4.90 Å². The van der Waals surface area contributed by atoms with Gasteiger partial charge in [-0.2, -0.15) is 0 Å². The number of aldehydes is 1. The Labute approximate surface area is 178 Å². The number of hydrogen-bond acceptors (Lipinski definition) is 9. The summed E-state index contributed by atoms with van der Waals surface area (Å²) >= 11 is 0. The highest BCUT2D eigenvalue weighted by atomic mass is 16.7. The number of benzene rings is 2. The predicted octanol–water partition coefficient (Wildman–Crippen LogP) is 2.27. The maximum absolute atomic E-state index is 12.9. The number of esters is 1. The van der Waals surface area contributed by atoms with Crippen molar-refractivity contribution in [2.24, 2.45) is 0 Å². The highest BCUT2D eigenvalue weighted by Crippen LogP contribution is 2.54. The van der Waals surface area contributed by atoms with E-state index >= 15 is 0 Å². The molecular formula is C22H22N2O7. The number of methoxy groups -OCH3 is 2. The number of rotatable bonds is 4. The third-order valence-corrected chi connectivity index (χ3v) is 6.25. The molecule has 3 aliphatic heterocycles. The van der Waals surface area contributed by atoms with Crippen molar-refractivity contribution in [1.29, 1.82) is 0 Å². The fourth-order valence-corrected chi connectivity index (χ4v) is 4.86. The summed E-state index contributed by atoms with van der Waals surface area (Å²) in [5.74, 6) is 1.00. The van der Waals surface area contributed by atoms with Gasteiger partial charge in [0, 0.05) is 12.1 Å². The van der Waals surface area contributed by atoms with Gasteiger partial charge in [0.15, 0.2) is 29.3 Å². The maximum atomic E-state index is 12.9. The Hall–Kier alpha value is -3.46. The SMILES string of the molecule is COc1ccc2c(c1OC)C(=O)O[C@@H]2[C@H]1c2c(C=O)c3c(c(N)c2CCN1C)OCO3. The molecule has 0 amide bonds. The number of hydrogen-bond donors (Lipinski definition) is 1. The molecule has 5 rings (SSSR count). The van der Waals surface area contributed by atoms with E-state index in [4.69, 9.17) is 29.4 Å². The summed E-state index contributed by atoms with van der Waals surface area (Å²) in [4.78, 5) is 27.1. The Kier molecular flexibility index (Phi) is 4.44. The van der Waals surface area contributed by atoms with Crippen LogP contribution in [0.4, 0.5) is 5.69 Å². The number of likely N-dealkylation sites (N-methyl/N-ethyl adjacent to an activating group) is 1. The molecule has 2 N–H and O–H groups in total. The molecule has 3 aliphatic rings. The zero-order valence-corrected chi connectivity index (χ0v) is 17.4. The Morgan fingerprint density at radius 1 is 1.19 bits per heavy atom. The Bertz CT molecular complexity index is 1110. The molecule has 31 heavy (non-hydrogen) atoms. The predicted molar refractivity (Wildman–Crippen MR) is 109 cm³/mol. The zero-order valence-electron chi connectivity index (χ0n) is 17.4. The van der Waals surface area contributed by atoms with Gasteiger partial charge in [0.25, 0.3) is 0 Å². The van der Waals surface area contributed by atoms with Crippen LogP contribution in [0.15, 0.2) is 12.1 Å². The van der Waals surface area contributed by atoms with Crippen molar-refractivity contribution in [3.05, 3.63) is 39.9 Å². The molecule has 0 radical (unpaired) electrons. The van der Waals surface area contributed by atoms with E-state index < -0.39 is 18.1 Å². The molecule has 0 spiro atoms. The monoisotopic (exact) mass is 426 g/mol. The molecule has 9 heteroatoms. The number of cyclic esters (lactones) is 1. The second-order valence-electron chi connectivity index (χ2n) is 7.67.